The molecule has 5 nitrogen and oxygen atoms in total. The second-order valence-corrected chi connectivity index (χ2v) is 8.88. The fourth-order valence-corrected chi connectivity index (χ4v) is 5.41. The van der Waals surface area contributed by atoms with Gasteiger partial charge in [-0.15, -0.1) is 0 Å². The summed E-state index contributed by atoms with van der Waals surface area (Å²) in [6.45, 7) is 4.79. The Balaban J connectivity index is 2.33. The molecular formula is C14H25N3O2S2. The van der Waals surface area contributed by atoms with Crippen LogP contribution in [0.15, 0.2) is 17.2 Å². The van der Waals surface area contributed by atoms with Crippen LogP contribution in [0.5, 0.6) is 0 Å². The number of nitrogens with zero attached hydrogens (tertiary/aromatic N) is 2. The van der Waals surface area contributed by atoms with E-state index in [1.807, 2.05) is 23.4 Å². The molecule has 1 aliphatic heterocycles. The van der Waals surface area contributed by atoms with Crippen LogP contribution < -0.4 is 5.32 Å². The molecule has 0 radical (unpaired) electrons. The number of hydrogen-bond donors (Lipinski definition) is 1. The van der Waals surface area contributed by atoms with Crippen LogP contribution in [0.1, 0.15) is 32.0 Å². The smallest absolute Gasteiger partial charge is 0.244 e. The molecule has 7 heteroatoms. The Hall–Kier alpha value is -0.500. The third kappa shape index (κ3) is 3.47. The number of hydrogen-bond acceptors (Lipinski definition) is 4. The zero-order valence-corrected chi connectivity index (χ0v) is 14.8. The maximum atomic E-state index is 12.8. The molecular weight excluding hydrogens is 306 g/mol. The van der Waals surface area contributed by atoms with E-state index in [1.165, 1.54) is 0 Å². The van der Waals surface area contributed by atoms with Gasteiger partial charge in [0, 0.05) is 43.3 Å². The topological polar surface area (TPSA) is 54.3 Å². The van der Waals surface area contributed by atoms with Gasteiger partial charge in [0.15, 0.2) is 0 Å². The molecule has 2 rings (SSSR count). The SMILES string of the molecule is CNCc1cc(S(=O)(=O)N(C)C2CCSC2)cn1C(C)C. The fourth-order valence-electron chi connectivity index (χ4n) is 2.61. The van der Waals surface area contributed by atoms with Crippen molar-refractivity contribution in [1.29, 1.82) is 0 Å². The van der Waals surface area contributed by atoms with E-state index in [1.54, 1.807) is 23.6 Å². The summed E-state index contributed by atoms with van der Waals surface area (Å²) in [4.78, 5) is 0.404. The van der Waals surface area contributed by atoms with Crippen LogP contribution in [-0.2, 0) is 16.6 Å². The molecule has 1 unspecified atom stereocenters. The summed E-state index contributed by atoms with van der Waals surface area (Å²) in [7, 11) is 0.169. The summed E-state index contributed by atoms with van der Waals surface area (Å²) in [5.41, 5.74) is 1.00. The predicted molar refractivity (Wildman–Crippen MR) is 88.3 cm³/mol. The Kier molecular flexibility index (Phi) is 5.40. The molecule has 1 aromatic rings. The minimum absolute atomic E-state index is 0.121. The van der Waals surface area contributed by atoms with Crippen LogP contribution in [0.3, 0.4) is 0 Å². The lowest BCUT2D eigenvalue weighted by molar-refractivity contribution is 0.394. The molecule has 0 spiro atoms. The van der Waals surface area contributed by atoms with E-state index in [4.69, 9.17) is 0 Å². The molecule has 2 heterocycles. The van der Waals surface area contributed by atoms with E-state index in [2.05, 4.69) is 19.2 Å². The quantitative estimate of drug-likeness (QED) is 0.865. The van der Waals surface area contributed by atoms with Crippen LogP contribution in [0.2, 0.25) is 0 Å². The maximum Gasteiger partial charge on any atom is 0.244 e. The molecule has 1 aliphatic rings. The second kappa shape index (κ2) is 6.73. The molecule has 1 fully saturated rings. The molecule has 120 valence electrons. The highest BCUT2D eigenvalue weighted by Crippen LogP contribution is 2.28. The molecule has 1 aromatic heterocycles. The third-order valence-electron chi connectivity index (χ3n) is 3.92. The highest BCUT2D eigenvalue weighted by molar-refractivity contribution is 7.99. The Morgan fingerprint density at radius 1 is 1.52 bits per heavy atom. The summed E-state index contributed by atoms with van der Waals surface area (Å²) in [6.07, 6.45) is 2.71. The normalized spacial score (nSPS) is 19.8. The Morgan fingerprint density at radius 3 is 2.76 bits per heavy atom. The molecule has 0 amide bonds. The lowest BCUT2D eigenvalue weighted by Crippen LogP contribution is -2.36. The largest absolute Gasteiger partial charge is 0.346 e. The maximum absolute atomic E-state index is 12.8. The van der Waals surface area contributed by atoms with E-state index in [9.17, 15) is 8.42 Å². The third-order valence-corrected chi connectivity index (χ3v) is 6.94. The van der Waals surface area contributed by atoms with Crippen molar-refractivity contribution < 1.29 is 8.42 Å². The molecule has 1 N–H and O–H groups in total. The fraction of sp³-hybridized carbons (Fsp3) is 0.714. The lowest BCUT2D eigenvalue weighted by Gasteiger charge is -2.22. The van der Waals surface area contributed by atoms with Crippen LogP contribution in [-0.4, -0.2) is 48.9 Å². The lowest BCUT2D eigenvalue weighted by atomic mass is 10.3. The van der Waals surface area contributed by atoms with Gasteiger partial charge in [-0.25, -0.2) is 8.42 Å². The minimum Gasteiger partial charge on any atom is -0.346 e. The average molecular weight is 332 g/mol. The first-order chi connectivity index (χ1) is 9.87. The van der Waals surface area contributed by atoms with Crippen LogP contribution in [0.4, 0.5) is 0 Å². The predicted octanol–water partition coefficient (Wildman–Crippen LogP) is 1.91. The molecule has 0 aromatic carbocycles. The molecule has 0 aliphatic carbocycles. The Bertz CT molecular complexity index is 575. The zero-order valence-electron chi connectivity index (χ0n) is 13.2. The van der Waals surface area contributed by atoms with Gasteiger partial charge in [0.1, 0.15) is 4.90 Å². The highest BCUT2D eigenvalue weighted by atomic mass is 32.2. The number of sulfonamides is 1. The van der Waals surface area contributed by atoms with Crippen LogP contribution >= 0.6 is 11.8 Å². The number of thioether (sulfide) groups is 1. The van der Waals surface area contributed by atoms with Gasteiger partial charge in [0.25, 0.3) is 0 Å². The van der Waals surface area contributed by atoms with Crippen LogP contribution in [0, 0.1) is 0 Å². The monoisotopic (exact) mass is 331 g/mol. The van der Waals surface area contributed by atoms with Crippen molar-refractivity contribution in [1.82, 2.24) is 14.2 Å². The standard InChI is InChI=1S/C14H25N3O2S2/c1-11(2)17-9-14(7-13(17)8-15-3)21(18,19)16(4)12-5-6-20-10-12/h7,9,11-12,15H,5-6,8,10H2,1-4H3. The van der Waals surface area contributed by atoms with Crippen molar-refractivity contribution in [3.05, 3.63) is 18.0 Å². The van der Waals surface area contributed by atoms with Crippen molar-refractivity contribution in [3.63, 3.8) is 0 Å². The van der Waals surface area contributed by atoms with Crippen molar-refractivity contribution in [2.75, 3.05) is 25.6 Å². The van der Waals surface area contributed by atoms with Gasteiger partial charge in [-0.3, -0.25) is 0 Å². The molecule has 21 heavy (non-hydrogen) atoms. The Morgan fingerprint density at radius 2 is 2.24 bits per heavy atom. The van der Waals surface area contributed by atoms with Gasteiger partial charge in [0.05, 0.1) is 0 Å². The van der Waals surface area contributed by atoms with Crippen molar-refractivity contribution >= 4 is 21.8 Å². The molecule has 1 saturated heterocycles. The van der Waals surface area contributed by atoms with Crippen molar-refractivity contribution in [2.24, 2.45) is 0 Å². The van der Waals surface area contributed by atoms with Gasteiger partial charge >= 0.3 is 0 Å². The zero-order chi connectivity index (χ0) is 15.6. The summed E-state index contributed by atoms with van der Waals surface area (Å²) < 4.78 is 29.2. The number of aromatic nitrogens is 1. The van der Waals surface area contributed by atoms with Gasteiger partial charge in [-0.2, -0.15) is 16.1 Å². The van der Waals surface area contributed by atoms with Gasteiger partial charge in [-0.1, -0.05) is 0 Å². The first-order valence-corrected chi connectivity index (χ1v) is 9.88. The average Bonchev–Trinajstić information content (AvgIpc) is 3.07. The van der Waals surface area contributed by atoms with E-state index < -0.39 is 10.0 Å². The van der Waals surface area contributed by atoms with Crippen LogP contribution in [0.25, 0.3) is 0 Å². The van der Waals surface area contributed by atoms with E-state index in [0.29, 0.717) is 11.4 Å². The van der Waals surface area contributed by atoms with Crippen molar-refractivity contribution in [3.8, 4) is 0 Å². The summed E-state index contributed by atoms with van der Waals surface area (Å²) >= 11 is 1.82. The molecule has 0 bridgehead atoms. The minimum atomic E-state index is -3.40. The molecule has 1 atom stereocenters. The van der Waals surface area contributed by atoms with Gasteiger partial charge in [-0.05, 0) is 39.1 Å². The molecule has 0 saturated carbocycles. The summed E-state index contributed by atoms with van der Waals surface area (Å²) in [5, 5.41) is 3.10. The highest BCUT2D eigenvalue weighted by Gasteiger charge is 2.31. The van der Waals surface area contributed by atoms with E-state index >= 15 is 0 Å². The van der Waals surface area contributed by atoms with E-state index in [-0.39, 0.29) is 12.1 Å². The van der Waals surface area contributed by atoms with Gasteiger partial charge < -0.3 is 9.88 Å². The van der Waals surface area contributed by atoms with E-state index in [0.717, 1.165) is 23.6 Å². The second-order valence-electron chi connectivity index (χ2n) is 5.74. The van der Waals surface area contributed by atoms with Crippen molar-refractivity contribution in [2.45, 2.75) is 43.8 Å². The Labute approximate surface area is 132 Å². The number of rotatable bonds is 6. The summed E-state index contributed by atoms with van der Waals surface area (Å²) in [6, 6.07) is 2.16. The first-order valence-electron chi connectivity index (χ1n) is 7.29. The van der Waals surface area contributed by atoms with Gasteiger partial charge in [0.2, 0.25) is 10.0 Å². The first kappa shape index (κ1) is 16.9. The number of nitrogens with one attached hydrogen (secondary N) is 1. The summed E-state index contributed by atoms with van der Waals surface area (Å²) in [5.74, 6) is 1.94.